The van der Waals surface area contributed by atoms with E-state index in [1.165, 1.54) is 12.4 Å². The highest BCUT2D eigenvalue weighted by molar-refractivity contribution is 9.10. The molecule has 0 unspecified atom stereocenters. The molecule has 2 aromatic heterocycles. The van der Waals surface area contributed by atoms with E-state index in [2.05, 4.69) is 31.2 Å². The summed E-state index contributed by atoms with van der Waals surface area (Å²) in [5.41, 5.74) is 2.22. The molecule has 1 N–H and O–H groups in total. The number of nitro groups is 1. The first kappa shape index (κ1) is 13.4. The lowest BCUT2D eigenvalue weighted by Crippen LogP contribution is -2.06. The number of nitrogens with one attached hydrogen (secondary N) is 1. The largest absolute Gasteiger partial charge is 0.373 e. The molecule has 2 aromatic rings. The van der Waals surface area contributed by atoms with Gasteiger partial charge in [-0.25, -0.2) is 0 Å². The van der Waals surface area contributed by atoms with Gasteiger partial charge in [-0.05, 0) is 34.5 Å². The van der Waals surface area contributed by atoms with E-state index in [4.69, 9.17) is 0 Å². The summed E-state index contributed by atoms with van der Waals surface area (Å²) in [6, 6.07) is 3.80. The molecule has 0 atom stereocenters. The van der Waals surface area contributed by atoms with Gasteiger partial charge in [0.05, 0.1) is 21.6 Å². The summed E-state index contributed by atoms with van der Waals surface area (Å²) in [4.78, 5) is 18.5. The van der Waals surface area contributed by atoms with Crippen LogP contribution in [0, 0.1) is 17.0 Å². The zero-order chi connectivity index (χ0) is 13.8. The Bertz CT molecular complexity index is 618. The molecule has 0 amide bonds. The van der Waals surface area contributed by atoms with Crippen molar-refractivity contribution in [1.29, 1.82) is 0 Å². The number of halogens is 1. The van der Waals surface area contributed by atoms with Crippen LogP contribution in [0.4, 0.5) is 11.4 Å². The van der Waals surface area contributed by atoms with Gasteiger partial charge >= 0.3 is 5.69 Å². The summed E-state index contributed by atoms with van der Waals surface area (Å²) in [5.74, 6) is 0. The number of anilines is 1. The van der Waals surface area contributed by atoms with Crippen LogP contribution < -0.4 is 5.32 Å². The van der Waals surface area contributed by atoms with E-state index in [1.807, 2.05) is 19.1 Å². The zero-order valence-corrected chi connectivity index (χ0v) is 11.7. The first-order chi connectivity index (χ1) is 9.09. The van der Waals surface area contributed by atoms with Gasteiger partial charge in [0.2, 0.25) is 0 Å². The Morgan fingerprint density at radius 1 is 1.47 bits per heavy atom. The van der Waals surface area contributed by atoms with E-state index in [0.29, 0.717) is 16.7 Å². The number of nitrogens with zero attached hydrogens (tertiary/aromatic N) is 3. The third-order valence-electron chi connectivity index (χ3n) is 2.63. The van der Waals surface area contributed by atoms with Crippen molar-refractivity contribution >= 4 is 27.3 Å². The molecule has 0 aliphatic rings. The first-order valence-corrected chi connectivity index (χ1v) is 6.31. The van der Waals surface area contributed by atoms with Crippen LogP contribution in [0.5, 0.6) is 0 Å². The van der Waals surface area contributed by atoms with E-state index in [9.17, 15) is 10.1 Å². The van der Waals surface area contributed by atoms with Crippen molar-refractivity contribution < 1.29 is 4.92 Å². The van der Waals surface area contributed by atoms with Crippen LogP contribution in [0.25, 0.3) is 0 Å². The Hall–Kier alpha value is -2.02. The number of hydrogen-bond acceptors (Lipinski definition) is 5. The van der Waals surface area contributed by atoms with Gasteiger partial charge in [-0.2, -0.15) is 0 Å². The van der Waals surface area contributed by atoms with Gasteiger partial charge < -0.3 is 5.32 Å². The third-order valence-corrected chi connectivity index (χ3v) is 3.23. The van der Waals surface area contributed by atoms with Crippen LogP contribution in [0.1, 0.15) is 11.3 Å². The summed E-state index contributed by atoms with van der Waals surface area (Å²) in [7, 11) is 0. The van der Waals surface area contributed by atoms with Crippen LogP contribution >= 0.6 is 15.9 Å². The van der Waals surface area contributed by atoms with Gasteiger partial charge in [0.15, 0.2) is 0 Å². The molecule has 2 rings (SSSR count). The molecule has 0 saturated heterocycles. The fourth-order valence-electron chi connectivity index (χ4n) is 1.61. The predicted octanol–water partition coefficient (Wildman–Crippen LogP) is 3.07. The smallest absolute Gasteiger partial charge is 0.311 e. The van der Waals surface area contributed by atoms with E-state index >= 15 is 0 Å². The van der Waals surface area contributed by atoms with E-state index < -0.39 is 4.92 Å². The maximum atomic E-state index is 10.9. The minimum atomic E-state index is -0.467. The lowest BCUT2D eigenvalue weighted by Gasteiger charge is -2.09. The van der Waals surface area contributed by atoms with Gasteiger partial charge in [0, 0.05) is 12.4 Å². The zero-order valence-electron chi connectivity index (χ0n) is 10.1. The van der Waals surface area contributed by atoms with Crippen molar-refractivity contribution in [2.24, 2.45) is 0 Å². The number of rotatable bonds is 4. The molecule has 0 radical (unpaired) electrons. The Kier molecular flexibility index (Phi) is 4.06. The molecule has 0 bridgehead atoms. The molecule has 0 saturated carbocycles. The standard InChI is InChI=1S/C12H11BrN4O2/c1-8-3-2-4-15-10(8)6-16-12-9(13)5-14-7-11(12)17(18)19/h2-5,7H,6H2,1H3,(H,14,16). The summed E-state index contributed by atoms with van der Waals surface area (Å²) in [6.07, 6.45) is 4.43. The van der Waals surface area contributed by atoms with E-state index in [0.717, 1.165) is 11.3 Å². The van der Waals surface area contributed by atoms with Crippen LogP contribution in [-0.2, 0) is 6.54 Å². The highest BCUT2D eigenvalue weighted by atomic mass is 79.9. The number of hydrogen-bond donors (Lipinski definition) is 1. The van der Waals surface area contributed by atoms with Crippen molar-refractivity contribution in [3.8, 4) is 0 Å². The van der Waals surface area contributed by atoms with Crippen molar-refractivity contribution in [2.45, 2.75) is 13.5 Å². The monoisotopic (exact) mass is 322 g/mol. The van der Waals surface area contributed by atoms with Crippen molar-refractivity contribution in [2.75, 3.05) is 5.32 Å². The average Bonchev–Trinajstić information content (AvgIpc) is 2.38. The SMILES string of the molecule is Cc1cccnc1CNc1c(Br)cncc1[N+](=O)[O-]. The van der Waals surface area contributed by atoms with Crippen molar-refractivity contribution in [1.82, 2.24) is 9.97 Å². The topological polar surface area (TPSA) is 81.0 Å². The molecule has 98 valence electrons. The van der Waals surface area contributed by atoms with Crippen LogP contribution in [0.15, 0.2) is 35.2 Å². The average molecular weight is 323 g/mol. The van der Waals surface area contributed by atoms with E-state index in [1.54, 1.807) is 6.20 Å². The Morgan fingerprint density at radius 2 is 2.26 bits per heavy atom. The fraction of sp³-hybridized carbons (Fsp3) is 0.167. The second-order valence-corrected chi connectivity index (χ2v) is 4.75. The van der Waals surface area contributed by atoms with Crippen LogP contribution in [0.2, 0.25) is 0 Å². The summed E-state index contributed by atoms with van der Waals surface area (Å²) < 4.78 is 0.551. The normalized spacial score (nSPS) is 10.2. The minimum absolute atomic E-state index is 0.0667. The first-order valence-electron chi connectivity index (χ1n) is 5.52. The maximum absolute atomic E-state index is 10.9. The quantitative estimate of drug-likeness (QED) is 0.691. The Labute approximate surface area is 118 Å². The summed E-state index contributed by atoms with van der Waals surface area (Å²) >= 11 is 3.26. The molecule has 6 nitrogen and oxygen atoms in total. The molecule has 19 heavy (non-hydrogen) atoms. The van der Waals surface area contributed by atoms with Gasteiger partial charge in [-0.15, -0.1) is 0 Å². The van der Waals surface area contributed by atoms with Gasteiger partial charge in [-0.1, -0.05) is 6.07 Å². The van der Waals surface area contributed by atoms with E-state index in [-0.39, 0.29) is 5.69 Å². The van der Waals surface area contributed by atoms with Crippen molar-refractivity contribution in [3.05, 3.63) is 56.6 Å². The van der Waals surface area contributed by atoms with Gasteiger partial charge in [0.1, 0.15) is 11.9 Å². The molecule has 0 aliphatic carbocycles. The van der Waals surface area contributed by atoms with Crippen LogP contribution in [-0.4, -0.2) is 14.9 Å². The summed E-state index contributed by atoms with van der Waals surface area (Å²) in [6.45, 7) is 2.36. The minimum Gasteiger partial charge on any atom is -0.373 e. The molecular weight excluding hydrogens is 312 g/mol. The molecular formula is C12H11BrN4O2. The Morgan fingerprint density at radius 3 is 2.95 bits per heavy atom. The number of aromatic nitrogens is 2. The summed E-state index contributed by atoms with van der Waals surface area (Å²) in [5, 5.41) is 14.0. The number of aryl methyl sites for hydroxylation is 1. The predicted molar refractivity (Wildman–Crippen MR) is 74.9 cm³/mol. The van der Waals surface area contributed by atoms with Gasteiger partial charge in [0.25, 0.3) is 0 Å². The third kappa shape index (κ3) is 3.05. The fourth-order valence-corrected chi connectivity index (χ4v) is 2.08. The second-order valence-electron chi connectivity index (χ2n) is 3.89. The molecule has 0 aliphatic heterocycles. The molecule has 7 heteroatoms. The highest BCUT2D eigenvalue weighted by Gasteiger charge is 2.17. The second kappa shape index (κ2) is 5.75. The number of pyridine rings is 2. The van der Waals surface area contributed by atoms with Crippen LogP contribution in [0.3, 0.4) is 0 Å². The van der Waals surface area contributed by atoms with Crippen molar-refractivity contribution in [3.63, 3.8) is 0 Å². The molecule has 0 fully saturated rings. The molecule has 2 heterocycles. The highest BCUT2D eigenvalue weighted by Crippen LogP contribution is 2.31. The lowest BCUT2D eigenvalue weighted by molar-refractivity contribution is -0.384. The molecule has 0 aromatic carbocycles. The van der Waals surface area contributed by atoms with Gasteiger partial charge in [-0.3, -0.25) is 20.1 Å². The molecule has 0 spiro atoms. The Balaban J connectivity index is 2.25. The lowest BCUT2D eigenvalue weighted by atomic mass is 10.2. The maximum Gasteiger partial charge on any atom is 0.311 e.